The van der Waals surface area contributed by atoms with Crippen LogP contribution in [0.5, 0.6) is 11.6 Å². The summed E-state index contributed by atoms with van der Waals surface area (Å²) in [6.45, 7) is -2.91. The third-order valence-corrected chi connectivity index (χ3v) is 2.47. The summed E-state index contributed by atoms with van der Waals surface area (Å²) < 4.78 is 34.1. The number of nitrogens with zero attached hydrogens (tertiary/aromatic N) is 1. The van der Waals surface area contributed by atoms with Crippen LogP contribution >= 0.6 is 0 Å². The van der Waals surface area contributed by atoms with Crippen molar-refractivity contribution in [2.24, 2.45) is 0 Å². The van der Waals surface area contributed by atoms with Crippen LogP contribution in [0.3, 0.4) is 0 Å². The summed E-state index contributed by atoms with van der Waals surface area (Å²) in [5.74, 6) is 0.662. The molecule has 0 spiro atoms. The number of hydrogen-bond donors (Lipinski definition) is 2. The number of nitrogens with one attached hydrogen (secondary N) is 1. The Kier molecular flexibility index (Phi) is 4.19. The van der Waals surface area contributed by atoms with E-state index in [2.05, 4.69) is 15.0 Å². The van der Waals surface area contributed by atoms with Crippen molar-refractivity contribution in [1.82, 2.24) is 4.98 Å². The summed E-state index contributed by atoms with van der Waals surface area (Å²) in [7, 11) is 1.47. The quantitative estimate of drug-likeness (QED) is 0.881. The maximum Gasteiger partial charge on any atom is 0.387 e. The zero-order chi connectivity index (χ0) is 14.5. The van der Waals surface area contributed by atoms with Crippen LogP contribution < -0.4 is 20.5 Å². The lowest BCUT2D eigenvalue weighted by Crippen LogP contribution is -2.06. The standard InChI is InChI=1S/C13H13F2N3O2/c1-19-11-7-6-8(16)12(18-11)17-9-4-2-3-5-10(9)20-13(14)15/h2-7,13H,16H2,1H3,(H,17,18). The first kappa shape index (κ1) is 13.9. The molecule has 2 aromatic rings. The number of ether oxygens (including phenoxy) is 2. The Bertz CT molecular complexity index is 594. The molecule has 0 atom stereocenters. The fourth-order valence-electron chi connectivity index (χ4n) is 1.56. The molecule has 1 aromatic carbocycles. The lowest BCUT2D eigenvalue weighted by atomic mass is 10.3. The van der Waals surface area contributed by atoms with Crippen molar-refractivity contribution in [1.29, 1.82) is 0 Å². The fraction of sp³-hybridized carbons (Fsp3) is 0.154. The lowest BCUT2D eigenvalue weighted by molar-refractivity contribution is -0.0493. The van der Waals surface area contributed by atoms with Crippen LogP contribution in [0.15, 0.2) is 36.4 Å². The molecule has 106 valence electrons. The maximum atomic E-state index is 12.3. The van der Waals surface area contributed by atoms with Gasteiger partial charge >= 0.3 is 6.61 Å². The van der Waals surface area contributed by atoms with Crippen LogP contribution in [0.25, 0.3) is 0 Å². The minimum atomic E-state index is -2.91. The predicted molar refractivity (Wildman–Crippen MR) is 71.6 cm³/mol. The van der Waals surface area contributed by atoms with Gasteiger partial charge in [0.25, 0.3) is 0 Å². The average Bonchev–Trinajstić information content (AvgIpc) is 2.43. The van der Waals surface area contributed by atoms with E-state index in [1.54, 1.807) is 30.3 Å². The molecule has 0 amide bonds. The Morgan fingerprint density at radius 2 is 1.95 bits per heavy atom. The Balaban J connectivity index is 2.30. The van der Waals surface area contributed by atoms with E-state index in [-0.39, 0.29) is 5.75 Å². The van der Waals surface area contributed by atoms with Crippen LogP contribution in [0.4, 0.5) is 26.0 Å². The highest BCUT2D eigenvalue weighted by molar-refractivity contribution is 5.72. The molecule has 0 saturated heterocycles. The number of hydrogen-bond acceptors (Lipinski definition) is 5. The van der Waals surface area contributed by atoms with Gasteiger partial charge in [0.05, 0.1) is 18.5 Å². The average molecular weight is 281 g/mol. The number of para-hydroxylation sites is 2. The van der Waals surface area contributed by atoms with E-state index in [1.807, 2.05) is 0 Å². The van der Waals surface area contributed by atoms with Gasteiger partial charge in [-0.2, -0.15) is 13.8 Å². The van der Waals surface area contributed by atoms with Crippen molar-refractivity contribution in [2.75, 3.05) is 18.2 Å². The zero-order valence-corrected chi connectivity index (χ0v) is 10.6. The van der Waals surface area contributed by atoms with Crippen LogP contribution in [-0.2, 0) is 0 Å². The third-order valence-electron chi connectivity index (χ3n) is 2.47. The molecule has 1 aromatic heterocycles. The number of pyridine rings is 1. The van der Waals surface area contributed by atoms with Crippen LogP contribution in [0.2, 0.25) is 0 Å². The summed E-state index contributed by atoms with van der Waals surface area (Å²) in [6.07, 6.45) is 0. The molecule has 0 aliphatic heterocycles. The molecule has 1 heterocycles. The number of benzene rings is 1. The van der Waals surface area contributed by atoms with Gasteiger partial charge in [0.2, 0.25) is 5.88 Å². The number of anilines is 3. The predicted octanol–water partition coefficient (Wildman–Crippen LogP) is 3.02. The van der Waals surface area contributed by atoms with E-state index in [4.69, 9.17) is 10.5 Å². The van der Waals surface area contributed by atoms with E-state index in [9.17, 15) is 8.78 Å². The molecule has 0 bridgehead atoms. The van der Waals surface area contributed by atoms with Gasteiger partial charge < -0.3 is 20.5 Å². The van der Waals surface area contributed by atoms with Gasteiger partial charge in [0.1, 0.15) is 5.75 Å². The number of nitrogens with two attached hydrogens (primary N) is 1. The second kappa shape index (κ2) is 6.05. The highest BCUT2D eigenvalue weighted by Crippen LogP contribution is 2.30. The van der Waals surface area contributed by atoms with Crippen LogP contribution in [-0.4, -0.2) is 18.7 Å². The van der Waals surface area contributed by atoms with E-state index in [0.29, 0.717) is 23.1 Å². The minimum Gasteiger partial charge on any atom is -0.481 e. The van der Waals surface area contributed by atoms with Gasteiger partial charge in [-0.05, 0) is 18.2 Å². The highest BCUT2D eigenvalue weighted by atomic mass is 19.3. The van der Waals surface area contributed by atoms with Gasteiger partial charge in [-0.3, -0.25) is 0 Å². The van der Waals surface area contributed by atoms with E-state index >= 15 is 0 Å². The van der Waals surface area contributed by atoms with Crippen molar-refractivity contribution in [2.45, 2.75) is 6.61 Å². The monoisotopic (exact) mass is 281 g/mol. The van der Waals surface area contributed by atoms with E-state index < -0.39 is 6.61 Å². The largest absolute Gasteiger partial charge is 0.481 e. The number of rotatable bonds is 5. The molecule has 2 rings (SSSR count). The first-order valence-electron chi connectivity index (χ1n) is 5.71. The molecule has 0 fully saturated rings. The molecule has 0 radical (unpaired) electrons. The number of alkyl halides is 2. The smallest absolute Gasteiger partial charge is 0.387 e. The van der Waals surface area contributed by atoms with E-state index in [1.165, 1.54) is 13.2 Å². The molecule has 0 unspecified atom stereocenters. The molecule has 3 N–H and O–H groups in total. The van der Waals surface area contributed by atoms with Crippen molar-refractivity contribution >= 4 is 17.2 Å². The number of aromatic nitrogens is 1. The summed E-state index contributed by atoms with van der Waals surface area (Å²) >= 11 is 0. The highest BCUT2D eigenvalue weighted by Gasteiger charge is 2.11. The molecule has 7 heteroatoms. The molecular weight excluding hydrogens is 268 g/mol. The van der Waals surface area contributed by atoms with Gasteiger partial charge in [-0.15, -0.1) is 0 Å². The van der Waals surface area contributed by atoms with Crippen molar-refractivity contribution in [3.05, 3.63) is 36.4 Å². The van der Waals surface area contributed by atoms with Gasteiger partial charge in [0, 0.05) is 6.07 Å². The SMILES string of the molecule is COc1ccc(N)c(Nc2ccccc2OC(F)F)n1. The van der Waals surface area contributed by atoms with Gasteiger partial charge in [0.15, 0.2) is 5.82 Å². The lowest BCUT2D eigenvalue weighted by Gasteiger charge is -2.13. The normalized spacial score (nSPS) is 10.4. The molecule has 0 saturated carbocycles. The van der Waals surface area contributed by atoms with Gasteiger partial charge in [-0.1, -0.05) is 12.1 Å². The molecule has 0 aliphatic carbocycles. The maximum absolute atomic E-state index is 12.3. The number of halogens is 2. The van der Waals surface area contributed by atoms with Crippen molar-refractivity contribution in [3.8, 4) is 11.6 Å². The second-order valence-corrected chi connectivity index (χ2v) is 3.79. The second-order valence-electron chi connectivity index (χ2n) is 3.79. The first-order chi connectivity index (χ1) is 9.60. The van der Waals surface area contributed by atoms with Crippen LogP contribution in [0.1, 0.15) is 0 Å². The Labute approximate surface area is 114 Å². The summed E-state index contributed by atoms with van der Waals surface area (Å²) in [5, 5.41) is 2.85. The topological polar surface area (TPSA) is 69.4 Å². The molecule has 0 aliphatic rings. The summed E-state index contributed by atoms with van der Waals surface area (Å²) in [6, 6.07) is 9.47. The van der Waals surface area contributed by atoms with E-state index in [0.717, 1.165) is 0 Å². The Morgan fingerprint density at radius 1 is 1.20 bits per heavy atom. The summed E-state index contributed by atoms with van der Waals surface area (Å²) in [5.41, 5.74) is 6.47. The number of methoxy groups -OCH3 is 1. The Hall–Kier alpha value is -2.57. The fourth-order valence-corrected chi connectivity index (χ4v) is 1.56. The zero-order valence-electron chi connectivity index (χ0n) is 10.6. The third kappa shape index (κ3) is 3.25. The Morgan fingerprint density at radius 3 is 2.65 bits per heavy atom. The molecule has 5 nitrogen and oxygen atoms in total. The van der Waals surface area contributed by atoms with Crippen molar-refractivity contribution < 1.29 is 18.3 Å². The summed E-state index contributed by atoms with van der Waals surface area (Å²) in [4.78, 5) is 4.10. The first-order valence-corrected chi connectivity index (χ1v) is 5.71. The molecular formula is C13H13F2N3O2. The van der Waals surface area contributed by atoms with Crippen molar-refractivity contribution in [3.63, 3.8) is 0 Å². The van der Waals surface area contributed by atoms with Gasteiger partial charge in [-0.25, -0.2) is 0 Å². The molecule has 20 heavy (non-hydrogen) atoms. The van der Waals surface area contributed by atoms with Crippen LogP contribution in [0, 0.1) is 0 Å². The minimum absolute atomic E-state index is 0.00604. The number of nitrogen functional groups attached to an aromatic ring is 1.